The lowest BCUT2D eigenvalue weighted by molar-refractivity contribution is 0.102. The van der Waals surface area contributed by atoms with E-state index < -0.39 is 15.9 Å². The summed E-state index contributed by atoms with van der Waals surface area (Å²) in [7, 11) is -3.79. The average molecular weight is 405 g/mol. The molecule has 6 nitrogen and oxygen atoms in total. The highest BCUT2D eigenvalue weighted by Gasteiger charge is 2.18. The van der Waals surface area contributed by atoms with Crippen molar-refractivity contribution in [2.75, 3.05) is 10.0 Å². The second-order valence-corrected chi connectivity index (χ2v) is 8.25. The number of amides is 1. The van der Waals surface area contributed by atoms with Crippen LogP contribution < -0.4 is 10.0 Å². The van der Waals surface area contributed by atoms with Gasteiger partial charge in [0.2, 0.25) is 0 Å². The Labute approximate surface area is 169 Å². The van der Waals surface area contributed by atoms with E-state index in [0.29, 0.717) is 16.8 Å². The molecule has 0 saturated carbocycles. The van der Waals surface area contributed by atoms with Crippen LogP contribution in [0.4, 0.5) is 11.4 Å². The first kappa shape index (κ1) is 20.1. The average Bonchev–Trinajstić information content (AvgIpc) is 2.69. The summed E-state index contributed by atoms with van der Waals surface area (Å²) in [5, 5.41) is 11.7. The number of anilines is 2. The lowest BCUT2D eigenvalue weighted by Crippen LogP contribution is -2.16. The molecule has 1 amide bonds. The van der Waals surface area contributed by atoms with Crippen molar-refractivity contribution in [2.45, 2.75) is 18.7 Å². The lowest BCUT2D eigenvalue weighted by Gasteiger charge is -2.12. The van der Waals surface area contributed by atoms with Gasteiger partial charge in [0.15, 0.2) is 0 Å². The van der Waals surface area contributed by atoms with Gasteiger partial charge in [-0.05, 0) is 67.4 Å². The number of rotatable bonds is 5. The van der Waals surface area contributed by atoms with Gasteiger partial charge in [-0.2, -0.15) is 5.26 Å². The maximum atomic E-state index is 12.8. The van der Waals surface area contributed by atoms with Crippen molar-refractivity contribution in [1.29, 1.82) is 5.26 Å². The standard InChI is InChI=1S/C22H19N3O3S/c1-15-9-10-16(2)21(11-15)29(27,28)25-20-8-4-6-18(13-20)22(26)24-19-7-3-5-17(12-19)14-23/h3-13,25H,1-2H3,(H,24,26). The number of hydrogen-bond donors (Lipinski definition) is 2. The van der Waals surface area contributed by atoms with E-state index in [-0.39, 0.29) is 16.1 Å². The van der Waals surface area contributed by atoms with Gasteiger partial charge in [-0.15, -0.1) is 0 Å². The van der Waals surface area contributed by atoms with Gasteiger partial charge in [0.1, 0.15) is 0 Å². The van der Waals surface area contributed by atoms with E-state index in [0.717, 1.165) is 5.56 Å². The third kappa shape index (κ3) is 4.81. The topological polar surface area (TPSA) is 99.1 Å². The third-order valence-electron chi connectivity index (χ3n) is 4.26. The molecule has 7 heteroatoms. The van der Waals surface area contributed by atoms with Crippen LogP contribution in [0.3, 0.4) is 0 Å². The lowest BCUT2D eigenvalue weighted by atomic mass is 10.1. The molecule has 0 bridgehead atoms. The van der Waals surface area contributed by atoms with Crippen molar-refractivity contribution in [1.82, 2.24) is 0 Å². The zero-order valence-electron chi connectivity index (χ0n) is 15.9. The number of aryl methyl sites for hydroxylation is 2. The van der Waals surface area contributed by atoms with E-state index >= 15 is 0 Å². The highest BCUT2D eigenvalue weighted by atomic mass is 32.2. The van der Waals surface area contributed by atoms with Crippen LogP contribution in [0, 0.1) is 25.2 Å². The van der Waals surface area contributed by atoms with Crippen LogP contribution >= 0.6 is 0 Å². The summed E-state index contributed by atoms with van der Waals surface area (Å²) in [6, 6.07) is 20.0. The summed E-state index contributed by atoms with van der Waals surface area (Å²) in [6.45, 7) is 3.55. The van der Waals surface area contributed by atoms with E-state index in [1.165, 1.54) is 6.07 Å². The number of nitrogens with zero attached hydrogens (tertiary/aromatic N) is 1. The molecule has 0 fully saturated rings. The molecule has 3 rings (SSSR count). The Bertz CT molecular complexity index is 1230. The Balaban J connectivity index is 1.83. The molecule has 0 heterocycles. The summed E-state index contributed by atoms with van der Waals surface area (Å²) in [4.78, 5) is 12.7. The second kappa shape index (κ2) is 8.17. The SMILES string of the molecule is Cc1ccc(C)c(S(=O)(=O)Nc2cccc(C(=O)Nc3cccc(C#N)c3)c2)c1. The minimum Gasteiger partial charge on any atom is -0.322 e. The molecular formula is C22H19N3O3S. The van der Waals surface area contributed by atoms with Crippen molar-refractivity contribution in [2.24, 2.45) is 0 Å². The first-order valence-corrected chi connectivity index (χ1v) is 10.3. The maximum absolute atomic E-state index is 12.8. The predicted molar refractivity (Wildman–Crippen MR) is 112 cm³/mol. The number of nitriles is 1. The van der Waals surface area contributed by atoms with Crippen LogP contribution in [-0.2, 0) is 10.0 Å². The Kier molecular flexibility index (Phi) is 5.66. The van der Waals surface area contributed by atoms with Gasteiger partial charge in [-0.25, -0.2) is 8.42 Å². The van der Waals surface area contributed by atoms with E-state index in [2.05, 4.69) is 10.0 Å². The molecule has 0 aromatic heterocycles. The molecule has 0 aliphatic rings. The van der Waals surface area contributed by atoms with Gasteiger partial charge in [0.05, 0.1) is 16.5 Å². The fraction of sp³-hybridized carbons (Fsp3) is 0.0909. The number of carbonyl (C=O) groups excluding carboxylic acids is 1. The molecule has 0 aliphatic carbocycles. The van der Waals surface area contributed by atoms with Crippen molar-refractivity contribution in [3.05, 3.63) is 89.0 Å². The molecular weight excluding hydrogens is 386 g/mol. The number of carbonyl (C=O) groups is 1. The zero-order chi connectivity index (χ0) is 21.0. The van der Waals surface area contributed by atoms with Gasteiger partial charge in [0, 0.05) is 16.9 Å². The van der Waals surface area contributed by atoms with Crippen molar-refractivity contribution >= 4 is 27.3 Å². The molecule has 0 unspecified atom stereocenters. The van der Waals surface area contributed by atoms with Crippen LogP contribution in [-0.4, -0.2) is 14.3 Å². The van der Waals surface area contributed by atoms with Crippen LogP contribution in [0.15, 0.2) is 71.6 Å². The fourth-order valence-electron chi connectivity index (χ4n) is 2.80. The smallest absolute Gasteiger partial charge is 0.262 e. The summed E-state index contributed by atoms with van der Waals surface area (Å²) >= 11 is 0. The van der Waals surface area contributed by atoms with Crippen molar-refractivity contribution < 1.29 is 13.2 Å². The summed E-state index contributed by atoms with van der Waals surface area (Å²) < 4.78 is 28.1. The molecule has 2 N–H and O–H groups in total. The molecule has 29 heavy (non-hydrogen) atoms. The summed E-state index contributed by atoms with van der Waals surface area (Å²) in [6.07, 6.45) is 0. The van der Waals surface area contributed by atoms with Crippen LogP contribution in [0.25, 0.3) is 0 Å². The molecule has 146 valence electrons. The van der Waals surface area contributed by atoms with Gasteiger partial charge >= 0.3 is 0 Å². The normalized spacial score (nSPS) is 10.8. The maximum Gasteiger partial charge on any atom is 0.262 e. The highest BCUT2D eigenvalue weighted by Crippen LogP contribution is 2.22. The van der Waals surface area contributed by atoms with Crippen molar-refractivity contribution in [3.63, 3.8) is 0 Å². The third-order valence-corrected chi connectivity index (χ3v) is 5.78. The first-order chi connectivity index (χ1) is 13.8. The van der Waals surface area contributed by atoms with Crippen LogP contribution in [0.1, 0.15) is 27.0 Å². The monoisotopic (exact) mass is 405 g/mol. The van der Waals surface area contributed by atoms with Crippen molar-refractivity contribution in [3.8, 4) is 6.07 Å². The quantitative estimate of drug-likeness (QED) is 0.663. The first-order valence-electron chi connectivity index (χ1n) is 8.80. The number of nitrogens with one attached hydrogen (secondary N) is 2. The molecule has 0 atom stereocenters. The molecule has 3 aromatic carbocycles. The number of hydrogen-bond acceptors (Lipinski definition) is 4. The molecule has 0 saturated heterocycles. The van der Waals surface area contributed by atoms with Crippen LogP contribution in [0.2, 0.25) is 0 Å². The second-order valence-electron chi connectivity index (χ2n) is 6.60. The Morgan fingerprint density at radius 3 is 2.41 bits per heavy atom. The zero-order valence-corrected chi connectivity index (χ0v) is 16.7. The molecule has 0 spiro atoms. The minimum atomic E-state index is -3.79. The van der Waals surface area contributed by atoms with Gasteiger partial charge in [0.25, 0.3) is 15.9 Å². The van der Waals surface area contributed by atoms with E-state index in [9.17, 15) is 13.2 Å². The van der Waals surface area contributed by atoms with Gasteiger partial charge in [-0.3, -0.25) is 9.52 Å². The van der Waals surface area contributed by atoms with E-state index in [1.807, 2.05) is 19.1 Å². The van der Waals surface area contributed by atoms with Gasteiger partial charge < -0.3 is 5.32 Å². The molecule has 0 aliphatic heterocycles. The van der Waals surface area contributed by atoms with Gasteiger partial charge in [-0.1, -0.05) is 24.3 Å². The number of benzene rings is 3. The largest absolute Gasteiger partial charge is 0.322 e. The Hall–Kier alpha value is -3.63. The van der Waals surface area contributed by atoms with E-state index in [4.69, 9.17) is 5.26 Å². The van der Waals surface area contributed by atoms with Crippen LogP contribution in [0.5, 0.6) is 0 Å². The molecule has 3 aromatic rings. The summed E-state index contributed by atoms with van der Waals surface area (Å²) in [5.41, 5.74) is 2.95. The Morgan fingerprint density at radius 2 is 1.66 bits per heavy atom. The van der Waals surface area contributed by atoms with E-state index in [1.54, 1.807) is 61.5 Å². The molecule has 0 radical (unpaired) electrons. The summed E-state index contributed by atoms with van der Waals surface area (Å²) in [5.74, 6) is -0.409. The highest BCUT2D eigenvalue weighted by molar-refractivity contribution is 7.92. The fourth-order valence-corrected chi connectivity index (χ4v) is 4.18. The Morgan fingerprint density at radius 1 is 0.931 bits per heavy atom. The minimum absolute atomic E-state index is 0.195. The predicted octanol–water partition coefficient (Wildman–Crippen LogP) is 4.23. The number of sulfonamides is 1.